The predicted octanol–water partition coefficient (Wildman–Crippen LogP) is 2.52. The second kappa shape index (κ2) is 5.24. The highest BCUT2D eigenvalue weighted by molar-refractivity contribution is 5.95. The maximum Gasteiger partial charge on any atom is 0.450 e. The van der Waals surface area contributed by atoms with Gasteiger partial charge in [0.05, 0.1) is 11.7 Å². The standard InChI is InChI=1S/C12H14F3NO3/c1-7-5-9(10(19-7)12(13,14)15)11(17)16-6-8-3-2-4-18-8/h5,8H,2-4,6H2,1H3,(H,16,17). The average Bonchev–Trinajstić information content (AvgIpc) is 2.93. The van der Waals surface area contributed by atoms with Gasteiger partial charge in [0.15, 0.2) is 0 Å². The minimum absolute atomic E-state index is 0.0505. The second-order valence-corrected chi connectivity index (χ2v) is 4.44. The molecule has 1 N–H and O–H groups in total. The Labute approximate surface area is 107 Å². The number of hydrogen-bond acceptors (Lipinski definition) is 3. The van der Waals surface area contributed by atoms with Gasteiger partial charge in [-0.1, -0.05) is 0 Å². The molecule has 1 unspecified atom stereocenters. The van der Waals surface area contributed by atoms with Gasteiger partial charge in [-0.05, 0) is 25.8 Å². The van der Waals surface area contributed by atoms with Crippen molar-refractivity contribution in [3.05, 3.63) is 23.2 Å². The molecule has 1 amide bonds. The third-order valence-electron chi connectivity index (χ3n) is 2.87. The Morgan fingerprint density at radius 1 is 1.53 bits per heavy atom. The third-order valence-corrected chi connectivity index (χ3v) is 2.87. The second-order valence-electron chi connectivity index (χ2n) is 4.44. The van der Waals surface area contributed by atoms with E-state index in [1.54, 1.807) is 0 Å². The minimum atomic E-state index is -4.68. The van der Waals surface area contributed by atoms with Crippen molar-refractivity contribution in [1.82, 2.24) is 5.32 Å². The van der Waals surface area contributed by atoms with Crippen LogP contribution in [0.15, 0.2) is 10.5 Å². The average molecular weight is 277 g/mol. The third kappa shape index (κ3) is 3.28. The number of ether oxygens (including phenoxy) is 1. The van der Waals surface area contributed by atoms with Gasteiger partial charge in [0.1, 0.15) is 5.76 Å². The first-order chi connectivity index (χ1) is 8.88. The number of alkyl halides is 3. The van der Waals surface area contributed by atoms with E-state index >= 15 is 0 Å². The molecule has 1 aromatic heterocycles. The zero-order valence-electron chi connectivity index (χ0n) is 10.3. The molecule has 7 heteroatoms. The number of amides is 1. The van der Waals surface area contributed by atoms with Crippen LogP contribution in [0, 0.1) is 6.92 Å². The Morgan fingerprint density at radius 3 is 2.84 bits per heavy atom. The lowest BCUT2D eigenvalue weighted by molar-refractivity contribution is -0.153. The Morgan fingerprint density at radius 2 is 2.26 bits per heavy atom. The molecule has 1 aromatic rings. The van der Waals surface area contributed by atoms with Gasteiger partial charge >= 0.3 is 6.18 Å². The number of aryl methyl sites for hydroxylation is 1. The Balaban J connectivity index is 2.06. The highest BCUT2D eigenvalue weighted by Crippen LogP contribution is 2.34. The Bertz CT molecular complexity index is 461. The van der Waals surface area contributed by atoms with E-state index in [1.807, 2.05) is 0 Å². The highest BCUT2D eigenvalue weighted by Gasteiger charge is 2.40. The van der Waals surface area contributed by atoms with Crippen molar-refractivity contribution in [3.63, 3.8) is 0 Å². The summed E-state index contributed by atoms with van der Waals surface area (Å²) in [5.41, 5.74) is -0.483. The van der Waals surface area contributed by atoms with E-state index in [9.17, 15) is 18.0 Å². The SMILES string of the molecule is Cc1cc(C(=O)NCC2CCCO2)c(C(F)(F)F)o1. The van der Waals surface area contributed by atoms with Crippen LogP contribution >= 0.6 is 0 Å². The van der Waals surface area contributed by atoms with Crippen molar-refractivity contribution >= 4 is 5.91 Å². The lowest BCUT2D eigenvalue weighted by atomic mass is 10.2. The van der Waals surface area contributed by atoms with Crippen molar-refractivity contribution in [2.45, 2.75) is 32.0 Å². The quantitative estimate of drug-likeness (QED) is 0.923. The fourth-order valence-corrected chi connectivity index (χ4v) is 2.00. The molecule has 19 heavy (non-hydrogen) atoms. The first-order valence-electron chi connectivity index (χ1n) is 5.95. The minimum Gasteiger partial charge on any atom is -0.456 e. The van der Waals surface area contributed by atoms with Crippen molar-refractivity contribution < 1.29 is 27.1 Å². The normalized spacial score (nSPS) is 19.7. The Kier molecular flexibility index (Phi) is 3.84. The largest absolute Gasteiger partial charge is 0.456 e. The molecule has 1 aliphatic heterocycles. The number of nitrogens with one attached hydrogen (secondary N) is 1. The zero-order chi connectivity index (χ0) is 14.0. The van der Waals surface area contributed by atoms with Gasteiger partial charge < -0.3 is 14.5 Å². The van der Waals surface area contributed by atoms with Crippen LogP contribution in [0.4, 0.5) is 13.2 Å². The van der Waals surface area contributed by atoms with Crippen LogP contribution in [-0.4, -0.2) is 25.2 Å². The van der Waals surface area contributed by atoms with Crippen LogP contribution in [0.3, 0.4) is 0 Å². The van der Waals surface area contributed by atoms with Gasteiger partial charge in [-0.3, -0.25) is 4.79 Å². The summed E-state index contributed by atoms with van der Waals surface area (Å²) < 4.78 is 47.8. The van der Waals surface area contributed by atoms with Gasteiger partial charge in [-0.15, -0.1) is 0 Å². The summed E-state index contributed by atoms with van der Waals surface area (Å²) in [5.74, 6) is -2.00. The maximum absolute atomic E-state index is 12.7. The van der Waals surface area contributed by atoms with E-state index in [-0.39, 0.29) is 18.4 Å². The summed E-state index contributed by atoms with van der Waals surface area (Å²) in [7, 11) is 0. The van der Waals surface area contributed by atoms with Crippen LogP contribution in [0.5, 0.6) is 0 Å². The molecule has 1 atom stereocenters. The monoisotopic (exact) mass is 277 g/mol. The molecular weight excluding hydrogens is 263 g/mol. The topological polar surface area (TPSA) is 51.5 Å². The summed E-state index contributed by atoms with van der Waals surface area (Å²) >= 11 is 0. The summed E-state index contributed by atoms with van der Waals surface area (Å²) in [6.07, 6.45) is -3.09. The molecular formula is C12H14F3NO3. The number of hydrogen-bond donors (Lipinski definition) is 1. The van der Waals surface area contributed by atoms with Crippen LogP contribution in [0.2, 0.25) is 0 Å². The van der Waals surface area contributed by atoms with E-state index in [2.05, 4.69) is 9.73 Å². The number of furan rings is 1. The smallest absolute Gasteiger partial charge is 0.450 e. The molecule has 1 fully saturated rings. The number of carbonyl (C=O) groups excluding carboxylic acids is 1. The molecule has 0 aliphatic carbocycles. The number of rotatable bonds is 3. The molecule has 2 heterocycles. The van der Waals surface area contributed by atoms with Gasteiger partial charge in [-0.25, -0.2) is 0 Å². The lowest BCUT2D eigenvalue weighted by Gasteiger charge is -2.11. The summed E-state index contributed by atoms with van der Waals surface area (Å²) in [6.45, 7) is 2.20. The van der Waals surface area contributed by atoms with E-state index < -0.39 is 23.4 Å². The van der Waals surface area contributed by atoms with Crippen molar-refractivity contribution in [3.8, 4) is 0 Å². The molecule has 0 bridgehead atoms. The summed E-state index contributed by atoms with van der Waals surface area (Å²) in [5, 5.41) is 2.44. The fraction of sp³-hybridized carbons (Fsp3) is 0.583. The molecule has 0 aromatic carbocycles. The maximum atomic E-state index is 12.7. The highest BCUT2D eigenvalue weighted by atomic mass is 19.4. The fourth-order valence-electron chi connectivity index (χ4n) is 2.00. The molecule has 1 saturated heterocycles. The number of carbonyl (C=O) groups is 1. The van der Waals surface area contributed by atoms with Gasteiger partial charge in [-0.2, -0.15) is 13.2 Å². The lowest BCUT2D eigenvalue weighted by Crippen LogP contribution is -2.32. The molecule has 2 rings (SSSR count). The van der Waals surface area contributed by atoms with Gasteiger partial charge in [0, 0.05) is 13.2 Å². The Hall–Kier alpha value is -1.50. The molecule has 0 saturated carbocycles. The van der Waals surface area contributed by atoms with Crippen LogP contribution < -0.4 is 5.32 Å². The van der Waals surface area contributed by atoms with E-state index in [1.165, 1.54) is 6.92 Å². The van der Waals surface area contributed by atoms with Crippen LogP contribution in [0.1, 0.15) is 34.7 Å². The molecule has 4 nitrogen and oxygen atoms in total. The van der Waals surface area contributed by atoms with Gasteiger partial charge in [0.25, 0.3) is 5.91 Å². The molecule has 106 valence electrons. The molecule has 0 radical (unpaired) electrons. The van der Waals surface area contributed by atoms with E-state index in [0.29, 0.717) is 6.61 Å². The van der Waals surface area contributed by atoms with Crippen molar-refractivity contribution in [1.29, 1.82) is 0 Å². The van der Waals surface area contributed by atoms with Crippen molar-refractivity contribution in [2.75, 3.05) is 13.2 Å². The zero-order valence-corrected chi connectivity index (χ0v) is 10.3. The first-order valence-corrected chi connectivity index (χ1v) is 5.95. The van der Waals surface area contributed by atoms with Crippen molar-refractivity contribution in [2.24, 2.45) is 0 Å². The van der Waals surface area contributed by atoms with Gasteiger partial charge in [0.2, 0.25) is 5.76 Å². The predicted molar refractivity (Wildman–Crippen MR) is 59.8 cm³/mol. The van der Waals surface area contributed by atoms with E-state index in [4.69, 9.17) is 4.74 Å². The summed E-state index contributed by atoms with van der Waals surface area (Å²) in [6, 6.07) is 1.09. The van der Waals surface area contributed by atoms with Crippen LogP contribution in [-0.2, 0) is 10.9 Å². The summed E-state index contributed by atoms with van der Waals surface area (Å²) in [4.78, 5) is 11.8. The number of halogens is 3. The molecule has 0 spiro atoms. The molecule has 1 aliphatic rings. The first kappa shape index (κ1) is 13.9. The van der Waals surface area contributed by atoms with E-state index in [0.717, 1.165) is 18.9 Å². The van der Waals surface area contributed by atoms with Crippen LogP contribution in [0.25, 0.3) is 0 Å².